The van der Waals surface area contributed by atoms with Crippen molar-refractivity contribution in [3.63, 3.8) is 0 Å². The first-order valence-corrected chi connectivity index (χ1v) is 6.26. The number of hydrogen-bond donors (Lipinski definition) is 1. The molecule has 1 atom stereocenters. The van der Waals surface area contributed by atoms with Gasteiger partial charge in [0, 0.05) is 29.7 Å². The van der Waals surface area contributed by atoms with E-state index in [0.717, 1.165) is 15.7 Å². The van der Waals surface area contributed by atoms with Crippen molar-refractivity contribution in [1.29, 1.82) is 0 Å². The highest BCUT2D eigenvalue weighted by atomic mass is 79.9. The number of hydrogen-bond acceptors (Lipinski definition) is 4. The number of aliphatic hydroxyl groups excluding tert-OH is 1. The van der Waals surface area contributed by atoms with Crippen molar-refractivity contribution in [2.45, 2.75) is 12.5 Å². The summed E-state index contributed by atoms with van der Waals surface area (Å²) in [6.45, 7) is 0. The Morgan fingerprint density at radius 1 is 1.50 bits per heavy atom. The number of ether oxygens (including phenoxy) is 1. The SMILES string of the molecule is COc1cc(Br)ccc1C(O)Cc1cn(C)nn1. The highest BCUT2D eigenvalue weighted by Crippen LogP contribution is 2.29. The Bertz CT molecular complexity index is 542. The Balaban J connectivity index is 2.20. The van der Waals surface area contributed by atoms with Gasteiger partial charge in [-0.25, -0.2) is 0 Å². The summed E-state index contributed by atoms with van der Waals surface area (Å²) in [4.78, 5) is 0. The molecule has 0 aliphatic rings. The number of aromatic nitrogens is 3. The zero-order valence-corrected chi connectivity index (χ0v) is 11.8. The molecule has 1 unspecified atom stereocenters. The van der Waals surface area contributed by atoms with Crippen molar-refractivity contribution in [3.05, 3.63) is 40.1 Å². The van der Waals surface area contributed by atoms with E-state index in [1.54, 1.807) is 25.0 Å². The van der Waals surface area contributed by atoms with Crippen LogP contribution in [0.4, 0.5) is 0 Å². The second kappa shape index (κ2) is 5.49. The van der Waals surface area contributed by atoms with Crippen LogP contribution in [0.5, 0.6) is 5.75 Å². The Morgan fingerprint density at radius 3 is 2.89 bits per heavy atom. The van der Waals surface area contributed by atoms with E-state index in [9.17, 15) is 5.11 Å². The van der Waals surface area contributed by atoms with Crippen LogP contribution in [0.1, 0.15) is 17.4 Å². The molecule has 0 aliphatic heterocycles. The lowest BCUT2D eigenvalue weighted by atomic mass is 10.0. The molecule has 1 aromatic carbocycles. The molecule has 0 amide bonds. The summed E-state index contributed by atoms with van der Waals surface area (Å²) in [5, 5.41) is 18.0. The molecule has 5 nitrogen and oxygen atoms in total. The van der Waals surface area contributed by atoms with Gasteiger partial charge in [0.05, 0.1) is 18.9 Å². The normalized spacial score (nSPS) is 12.4. The van der Waals surface area contributed by atoms with Gasteiger partial charge in [-0.3, -0.25) is 4.68 Å². The summed E-state index contributed by atoms with van der Waals surface area (Å²) in [7, 11) is 3.38. The first-order valence-electron chi connectivity index (χ1n) is 5.47. The topological polar surface area (TPSA) is 60.2 Å². The summed E-state index contributed by atoms with van der Waals surface area (Å²) in [5.41, 5.74) is 1.49. The van der Waals surface area contributed by atoms with Crippen LogP contribution in [0.2, 0.25) is 0 Å². The molecule has 1 N–H and O–H groups in total. The minimum absolute atomic E-state index is 0.409. The van der Waals surface area contributed by atoms with Gasteiger partial charge < -0.3 is 9.84 Å². The lowest BCUT2D eigenvalue weighted by molar-refractivity contribution is 0.172. The number of halogens is 1. The summed E-state index contributed by atoms with van der Waals surface area (Å²) in [6, 6.07) is 5.54. The first-order chi connectivity index (χ1) is 8.60. The van der Waals surface area contributed by atoms with Gasteiger partial charge in [-0.05, 0) is 12.1 Å². The molecule has 2 aromatic rings. The highest BCUT2D eigenvalue weighted by Gasteiger charge is 2.15. The van der Waals surface area contributed by atoms with Gasteiger partial charge in [-0.1, -0.05) is 27.2 Å². The van der Waals surface area contributed by atoms with Crippen LogP contribution in [0.3, 0.4) is 0 Å². The standard InChI is InChI=1S/C12H14BrN3O2/c1-16-7-9(14-15-16)6-11(17)10-4-3-8(13)5-12(10)18-2/h3-5,7,11,17H,6H2,1-2H3. The zero-order valence-electron chi connectivity index (χ0n) is 10.2. The average Bonchev–Trinajstić information content (AvgIpc) is 2.74. The van der Waals surface area contributed by atoms with Crippen LogP contribution in [0, 0.1) is 0 Å². The highest BCUT2D eigenvalue weighted by molar-refractivity contribution is 9.10. The quantitative estimate of drug-likeness (QED) is 0.936. The van der Waals surface area contributed by atoms with Gasteiger partial charge in [-0.15, -0.1) is 5.10 Å². The average molecular weight is 312 g/mol. The zero-order chi connectivity index (χ0) is 13.1. The fourth-order valence-electron chi connectivity index (χ4n) is 1.76. The molecule has 1 heterocycles. The number of nitrogens with zero attached hydrogens (tertiary/aromatic N) is 3. The molecule has 0 saturated heterocycles. The summed E-state index contributed by atoms with van der Waals surface area (Å²) >= 11 is 3.37. The minimum Gasteiger partial charge on any atom is -0.496 e. The number of methoxy groups -OCH3 is 1. The maximum absolute atomic E-state index is 10.2. The Morgan fingerprint density at radius 2 is 2.28 bits per heavy atom. The van der Waals surface area contributed by atoms with Crippen molar-refractivity contribution in [1.82, 2.24) is 15.0 Å². The molecule has 0 bridgehead atoms. The Labute approximate surface area is 114 Å². The van der Waals surface area contributed by atoms with Crippen LogP contribution >= 0.6 is 15.9 Å². The van der Waals surface area contributed by atoms with E-state index in [1.165, 1.54) is 0 Å². The van der Waals surface area contributed by atoms with Crippen LogP contribution in [-0.2, 0) is 13.5 Å². The van der Waals surface area contributed by atoms with Crippen LogP contribution in [0.25, 0.3) is 0 Å². The maximum Gasteiger partial charge on any atom is 0.125 e. The third kappa shape index (κ3) is 2.88. The molecule has 0 radical (unpaired) electrons. The van der Waals surface area contributed by atoms with Crippen molar-refractivity contribution in [3.8, 4) is 5.75 Å². The number of rotatable bonds is 4. The third-order valence-corrected chi connectivity index (χ3v) is 3.10. The van der Waals surface area contributed by atoms with E-state index >= 15 is 0 Å². The number of aryl methyl sites for hydroxylation is 1. The molecule has 2 rings (SSSR count). The molecule has 0 saturated carbocycles. The minimum atomic E-state index is -0.662. The molecule has 18 heavy (non-hydrogen) atoms. The van der Waals surface area contributed by atoms with Crippen molar-refractivity contribution >= 4 is 15.9 Å². The summed E-state index contributed by atoms with van der Waals surface area (Å²) < 4.78 is 7.78. The van der Waals surface area contributed by atoms with E-state index in [4.69, 9.17) is 4.74 Å². The van der Waals surface area contributed by atoms with E-state index in [2.05, 4.69) is 26.2 Å². The van der Waals surface area contributed by atoms with Crippen molar-refractivity contribution in [2.24, 2.45) is 7.05 Å². The van der Waals surface area contributed by atoms with Gasteiger partial charge in [-0.2, -0.15) is 0 Å². The van der Waals surface area contributed by atoms with Gasteiger partial charge in [0.15, 0.2) is 0 Å². The van der Waals surface area contributed by atoms with E-state index in [1.807, 2.05) is 18.2 Å². The fraction of sp³-hybridized carbons (Fsp3) is 0.333. The molecule has 0 spiro atoms. The van der Waals surface area contributed by atoms with Gasteiger partial charge in [0.2, 0.25) is 0 Å². The summed E-state index contributed by atoms with van der Waals surface area (Å²) in [5.74, 6) is 0.653. The lowest BCUT2D eigenvalue weighted by Gasteiger charge is -2.13. The molecule has 1 aromatic heterocycles. The molecule has 6 heteroatoms. The second-order valence-corrected chi connectivity index (χ2v) is 4.91. The van der Waals surface area contributed by atoms with Crippen LogP contribution in [0.15, 0.2) is 28.9 Å². The number of aliphatic hydroxyl groups is 1. The van der Waals surface area contributed by atoms with Crippen LogP contribution < -0.4 is 4.74 Å². The van der Waals surface area contributed by atoms with Gasteiger partial charge in [0.1, 0.15) is 5.75 Å². The molecule has 0 fully saturated rings. The van der Waals surface area contributed by atoms with E-state index < -0.39 is 6.10 Å². The van der Waals surface area contributed by atoms with Crippen molar-refractivity contribution < 1.29 is 9.84 Å². The van der Waals surface area contributed by atoms with E-state index in [-0.39, 0.29) is 0 Å². The van der Waals surface area contributed by atoms with E-state index in [0.29, 0.717) is 12.2 Å². The van der Waals surface area contributed by atoms with Crippen LogP contribution in [-0.4, -0.2) is 27.2 Å². The molecule has 96 valence electrons. The predicted molar refractivity (Wildman–Crippen MR) is 70.4 cm³/mol. The molecular weight excluding hydrogens is 298 g/mol. The second-order valence-electron chi connectivity index (χ2n) is 3.99. The number of benzene rings is 1. The monoisotopic (exact) mass is 311 g/mol. The Kier molecular flexibility index (Phi) is 3.98. The Hall–Kier alpha value is -1.40. The van der Waals surface area contributed by atoms with Gasteiger partial charge >= 0.3 is 0 Å². The lowest BCUT2D eigenvalue weighted by Crippen LogP contribution is -2.04. The van der Waals surface area contributed by atoms with Gasteiger partial charge in [0.25, 0.3) is 0 Å². The fourth-order valence-corrected chi connectivity index (χ4v) is 2.10. The smallest absolute Gasteiger partial charge is 0.125 e. The largest absolute Gasteiger partial charge is 0.496 e. The predicted octanol–water partition coefficient (Wildman–Crippen LogP) is 1.86. The maximum atomic E-state index is 10.2. The van der Waals surface area contributed by atoms with Crippen molar-refractivity contribution in [2.75, 3.05) is 7.11 Å². The molecular formula is C12H14BrN3O2. The molecule has 0 aliphatic carbocycles. The third-order valence-electron chi connectivity index (χ3n) is 2.61. The first kappa shape index (κ1) is 13.0. The summed E-state index contributed by atoms with van der Waals surface area (Å²) in [6.07, 6.45) is 1.53.